The Morgan fingerprint density at radius 1 is 1.16 bits per heavy atom. The molecule has 0 fully saturated rings. The first-order valence-electron chi connectivity index (χ1n) is 8.16. The van der Waals surface area contributed by atoms with Crippen molar-refractivity contribution in [1.29, 1.82) is 0 Å². The molecule has 3 aromatic rings. The summed E-state index contributed by atoms with van der Waals surface area (Å²) in [5.41, 5.74) is 2.82. The molecular formula is C19H19FN4O. The van der Waals surface area contributed by atoms with E-state index in [9.17, 15) is 9.18 Å². The zero-order valence-corrected chi connectivity index (χ0v) is 13.9. The van der Waals surface area contributed by atoms with Gasteiger partial charge in [0.15, 0.2) is 5.82 Å². The van der Waals surface area contributed by atoms with E-state index in [2.05, 4.69) is 20.5 Å². The van der Waals surface area contributed by atoms with Crippen LogP contribution in [0.4, 0.5) is 10.1 Å². The van der Waals surface area contributed by atoms with Crippen LogP contribution in [-0.4, -0.2) is 21.1 Å². The quantitative estimate of drug-likeness (QED) is 0.724. The monoisotopic (exact) mass is 338 g/mol. The van der Waals surface area contributed by atoms with Crippen LogP contribution in [0.25, 0.3) is 0 Å². The van der Waals surface area contributed by atoms with Crippen LogP contribution in [0.2, 0.25) is 0 Å². The highest BCUT2D eigenvalue weighted by Crippen LogP contribution is 2.15. The standard InChI is InChI=1S/C19H19FN4O/c1-2-14-5-3-4-6-16(14)21-19(25)12-18-22-17(23-24-18)11-13-7-9-15(20)10-8-13/h3-10H,2,11-12H2,1H3,(H,21,25)(H,22,23,24). The van der Waals surface area contributed by atoms with E-state index in [4.69, 9.17) is 0 Å². The fraction of sp³-hybridized carbons (Fsp3) is 0.211. The second-order valence-electron chi connectivity index (χ2n) is 5.74. The molecule has 0 aliphatic heterocycles. The number of carbonyl (C=O) groups excluding carboxylic acids is 1. The summed E-state index contributed by atoms with van der Waals surface area (Å²) in [5.74, 6) is 0.645. The van der Waals surface area contributed by atoms with Gasteiger partial charge in [-0.05, 0) is 35.7 Å². The molecule has 0 radical (unpaired) electrons. The van der Waals surface area contributed by atoms with Crippen molar-refractivity contribution in [1.82, 2.24) is 15.2 Å². The molecule has 0 saturated heterocycles. The number of nitrogens with one attached hydrogen (secondary N) is 2. The van der Waals surface area contributed by atoms with Gasteiger partial charge in [-0.1, -0.05) is 37.3 Å². The largest absolute Gasteiger partial charge is 0.325 e. The Morgan fingerprint density at radius 2 is 1.92 bits per heavy atom. The van der Waals surface area contributed by atoms with E-state index in [0.717, 1.165) is 23.2 Å². The predicted molar refractivity (Wildman–Crippen MR) is 93.7 cm³/mol. The van der Waals surface area contributed by atoms with Gasteiger partial charge in [-0.2, -0.15) is 5.10 Å². The number of para-hydroxylation sites is 1. The number of hydrogen-bond acceptors (Lipinski definition) is 3. The first-order chi connectivity index (χ1) is 12.1. The number of H-pyrrole nitrogens is 1. The molecule has 3 rings (SSSR count). The van der Waals surface area contributed by atoms with Gasteiger partial charge >= 0.3 is 0 Å². The van der Waals surface area contributed by atoms with E-state index in [1.807, 2.05) is 31.2 Å². The van der Waals surface area contributed by atoms with Gasteiger partial charge in [-0.25, -0.2) is 9.37 Å². The second-order valence-corrected chi connectivity index (χ2v) is 5.74. The number of aryl methyl sites for hydroxylation is 1. The molecule has 0 bridgehead atoms. The van der Waals surface area contributed by atoms with E-state index in [1.54, 1.807) is 12.1 Å². The maximum Gasteiger partial charge on any atom is 0.232 e. The Labute approximate surface area is 145 Å². The normalized spacial score (nSPS) is 10.6. The fourth-order valence-electron chi connectivity index (χ4n) is 2.58. The number of amides is 1. The molecule has 0 saturated carbocycles. The first kappa shape index (κ1) is 16.8. The lowest BCUT2D eigenvalue weighted by Gasteiger charge is -2.08. The molecule has 1 aromatic heterocycles. The van der Waals surface area contributed by atoms with Crippen LogP contribution in [-0.2, 0) is 24.1 Å². The average Bonchev–Trinajstić information content (AvgIpc) is 3.04. The molecule has 2 aromatic carbocycles. The third-order valence-corrected chi connectivity index (χ3v) is 3.85. The number of aromatic amines is 1. The van der Waals surface area contributed by atoms with Gasteiger partial charge in [0.05, 0.1) is 6.42 Å². The Kier molecular flexibility index (Phi) is 5.18. The lowest BCUT2D eigenvalue weighted by molar-refractivity contribution is -0.115. The number of hydrogen-bond donors (Lipinski definition) is 2. The summed E-state index contributed by atoms with van der Waals surface area (Å²) in [7, 11) is 0. The number of benzene rings is 2. The number of anilines is 1. The van der Waals surface area contributed by atoms with Gasteiger partial charge in [0.1, 0.15) is 11.6 Å². The Hall–Kier alpha value is -3.02. The van der Waals surface area contributed by atoms with Crippen LogP contribution < -0.4 is 5.32 Å². The molecule has 0 unspecified atom stereocenters. The summed E-state index contributed by atoms with van der Waals surface area (Å²) in [5, 5.41) is 9.81. The highest BCUT2D eigenvalue weighted by Gasteiger charge is 2.11. The van der Waals surface area contributed by atoms with E-state index >= 15 is 0 Å². The van der Waals surface area contributed by atoms with Crippen LogP contribution in [0.1, 0.15) is 29.7 Å². The van der Waals surface area contributed by atoms with Gasteiger partial charge in [0.25, 0.3) is 0 Å². The number of rotatable bonds is 6. The summed E-state index contributed by atoms with van der Waals surface area (Å²) in [6.45, 7) is 2.04. The lowest BCUT2D eigenvalue weighted by Crippen LogP contribution is -2.16. The third kappa shape index (κ3) is 4.50. The number of carbonyl (C=O) groups is 1. The minimum atomic E-state index is -0.272. The molecule has 1 heterocycles. The van der Waals surface area contributed by atoms with Gasteiger partial charge in [0.2, 0.25) is 5.91 Å². The minimum Gasteiger partial charge on any atom is -0.325 e. The molecule has 0 aliphatic rings. The van der Waals surface area contributed by atoms with Crippen LogP contribution in [0.15, 0.2) is 48.5 Å². The smallest absolute Gasteiger partial charge is 0.232 e. The van der Waals surface area contributed by atoms with Crippen molar-refractivity contribution in [2.75, 3.05) is 5.32 Å². The van der Waals surface area contributed by atoms with Crippen LogP contribution in [0.3, 0.4) is 0 Å². The first-order valence-corrected chi connectivity index (χ1v) is 8.16. The van der Waals surface area contributed by atoms with Crippen molar-refractivity contribution in [3.8, 4) is 0 Å². The summed E-state index contributed by atoms with van der Waals surface area (Å²) >= 11 is 0. The van der Waals surface area contributed by atoms with E-state index in [-0.39, 0.29) is 18.1 Å². The van der Waals surface area contributed by atoms with Gasteiger partial charge < -0.3 is 5.32 Å². The summed E-state index contributed by atoms with van der Waals surface area (Å²) in [4.78, 5) is 16.5. The Balaban J connectivity index is 1.61. The molecule has 2 N–H and O–H groups in total. The van der Waals surface area contributed by atoms with E-state index < -0.39 is 0 Å². The van der Waals surface area contributed by atoms with Gasteiger partial charge in [0, 0.05) is 12.1 Å². The molecule has 0 atom stereocenters. The molecule has 1 amide bonds. The van der Waals surface area contributed by atoms with Crippen molar-refractivity contribution >= 4 is 11.6 Å². The fourth-order valence-corrected chi connectivity index (χ4v) is 2.58. The minimum absolute atomic E-state index is 0.0952. The predicted octanol–water partition coefficient (Wildman–Crippen LogP) is 3.28. The summed E-state index contributed by atoms with van der Waals surface area (Å²) < 4.78 is 12.9. The maximum absolute atomic E-state index is 12.9. The molecule has 0 aliphatic carbocycles. The van der Waals surface area contributed by atoms with E-state index in [1.165, 1.54) is 12.1 Å². The zero-order valence-electron chi connectivity index (χ0n) is 13.9. The van der Waals surface area contributed by atoms with Crippen LogP contribution >= 0.6 is 0 Å². The number of aromatic nitrogens is 3. The highest BCUT2D eigenvalue weighted by atomic mass is 19.1. The third-order valence-electron chi connectivity index (χ3n) is 3.85. The maximum atomic E-state index is 12.9. The molecule has 128 valence electrons. The molecule has 5 nitrogen and oxygen atoms in total. The number of halogens is 1. The van der Waals surface area contributed by atoms with Crippen molar-refractivity contribution in [2.24, 2.45) is 0 Å². The second kappa shape index (κ2) is 7.70. The summed E-state index contributed by atoms with van der Waals surface area (Å²) in [6, 6.07) is 13.9. The van der Waals surface area contributed by atoms with Crippen LogP contribution in [0.5, 0.6) is 0 Å². The zero-order chi connectivity index (χ0) is 17.6. The van der Waals surface area contributed by atoms with Crippen molar-refractivity contribution in [3.05, 3.63) is 77.1 Å². The van der Waals surface area contributed by atoms with Gasteiger partial charge in [-0.3, -0.25) is 9.89 Å². The average molecular weight is 338 g/mol. The SMILES string of the molecule is CCc1ccccc1NC(=O)Cc1n[nH]c(Cc2ccc(F)cc2)n1. The lowest BCUT2D eigenvalue weighted by atomic mass is 10.1. The van der Waals surface area contributed by atoms with Gasteiger partial charge in [-0.15, -0.1) is 0 Å². The Morgan fingerprint density at radius 3 is 2.68 bits per heavy atom. The number of nitrogens with zero attached hydrogens (tertiary/aromatic N) is 2. The van der Waals surface area contributed by atoms with Crippen molar-refractivity contribution in [2.45, 2.75) is 26.2 Å². The highest BCUT2D eigenvalue weighted by molar-refractivity contribution is 5.92. The molecular weight excluding hydrogens is 319 g/mol. The van der Waals surface area contributed by atoms with Crippen LogP contribution in [0, 0.1) is 5.82 Å². The molecule has 25 heavy (non-hydrogen) atoms. The Bertz CT molecular complexity index is 858. The summed E-state index contributed by atoms with van der Waals surface area (Å²) in [6.07, 6.45) is 1.45. The van der Waals surface area contributed by atoms with Crippen molar-refractivity contribution < 1.29 is 9.18 Å². The topological polar surface area (TPSA) is 70.7 Å². The van der Waals surface area contributed by atoms with E-state index in [0.29, 0.717) is 18.1 Å². The van der Waals surface area contributed by atoms with Crippen molar-refractivity contribution in [3.63, 3.8) is 0 Å². The molecule has 0 spiro atoms. The molecule has 6 heteroatoms.